The van der Waals surface area contributed by atoms with Gasteiger partial charge in [-0.05, 0) is 40.0 Å². The summed E-state index contributed by atoms with van der Waals surface area (Å²) in [6.45, 7) is 7.82. The minimum Gasteiger partial charge on any atom is -0.480 e. The lowest BCUT2D eigenvalue weighted by molar-refractivity contribution is -0.268. The Labute approximate surface area is 506 Å². The average molecular weight is 1240 g/mol. The number of carboxylic acids is 1. The molecule has 0 aromatic rings. The van der Waals surface area contributed by atoms with E-state index in [2.05, 4.69) is 29.0 Å². The van der Waals surface area contributed by atoms with Crippen LogP contribution in [0, 0.1) is 0 Å². The molecule has 0 bridgehead atoms. The van der Waals surface area contributed by atoms with Gasteiger partial charge in [0.25, 0.3) is 0 Å². The quantitative estimate of drug-likeness (QED) is 0.0204. The number of carbonyl (C=O) groups is 7. The van der Waals surface area contributed by atoms with Crippen LogP contribution >= 0.6 is 8.25 Å². The summed E-state index contributed by atoms with van der Waals surface area (Å²) in [6, 6.07) is -4.39. The predicted molar refractivity (Wildman–Crippen MR) is 320 cm³/mol. The summed E-state index contributed by atoms with van der Waals surface area (Å²) in [5, 5.41) is 56.6. The smallest absolute Gasteiger partial charge is 0.480 e. The molecular weight excluding hydrogens is 1130 g/mol. The number of hydrogen-bond acceptors (Lipinski definition) is 19. The lowest BCUT2D eigenvalue weighted by Gasteiger charge is -2.43. The largest absolute Gasteiger partial charge is 0.694 e. The van der Waals surface area contributed by atoms with Crippen LogP contribution in [0.5, 0.6) is 0 Å². The highest BCUT2D eigenvalue weighted by Gasteiger charge is 2.49. The van der Waals surface area contributed by atoms with Crippen LogP contribution in [0.15, 0.2) is 0 Å². The number of nitrogens with two attached hydrogens (primary N) is 3. The van der Waals surface area contributed by atoms with Crippen LogP contribution in [0.2, 0.25) is 0 Å². The first-order valence-corrected chi connectivity index (χ1v) is 32.5. The lowest BCUT2D eigenvalue weighted by Crippen LogP contribution is -2.66. The van der Waals surface area contributed by atoms with E-state index in [1.54, 1.807) is 0 Å². The number of esters is 2. The Morgan fingerprint density at radius 2 is 1.16 bits per heavy atom. The van der Waals surface area contributed by atoms with E-state index in [0.717, 1.165) is 69.6 Å². The Morgan fingerprint density at radius 1 is 0.718 bits per heavy atom. The molecule has 496 valence electrons. The highest BCUT2D eigenvalue weighted by Crippen LogP contribution is 2.26. The Hall–Kier alpha value is -4.01. The van der Waals surface area contributed by atoms with Gasteiger partial charge in [0.15, 0.2) is 18.5 Å². The van der Waals surface area contributed by atoms with Crippen molar-refractivity contribution < 1.29 is 92.0 Å². The first kappa shape index (κ1) is 81.0. The van der Waals surface area contributed by atoms with Gasteiger partial charge >= 0.3 is 26.2 Å². The van der Waals surface area contributed by atoms with Crippen molar-refractivity contribution in [1.29, 1.82) is 0 Å². The molecule has 1 aliphatic rings. The van der Waals surface area contributed by atoms with Crippen LogP contribution in [0.25, 0.3) is 0 Å². The number of hydrogen-bond donors (Lipinski definition) is 11. The molecule has 4 amide bonds. The van der Waals surface area contributed by atoms with Crippen LogP contribution in [-0.4, -0.2) is 176 Å². The van der Waals surface area contributed by atoms with Gasteiger partial charge in [0.1, 0.15) is 48.6 Å². The van der Waals surface area contributed by atoms with Crippen molar-refractivity contribution in [3.8, 4) is 0 Å². The molecule has 0 aliphatic carbocycles. The van der Waals surface area contributed by atoms with Crippen molar-refractivity contribution in [3.05, 3.63) is 0 Å². The maximum Gasteiger partial charge on any atom is 0.694 e. The van der Waals surface area contributed by atoms with Crippen molar-refractivity contribution >= 4 is 49.8 Å². The average Bonchev–Trinajstić information content (AvgIpc) is 3.14. The molecule has 0 saturated carbocycles. The Kier molecular flexibility index (Phi) is 46.6. The van der Waals surface area contributed by atoms with Crippen molar-refractivity contribution in [2.24, 2.45) is 17.2 Å². The topological polar surface area (TPSA) is 409 Å². The molecule has 0 aromatic carbocycles. The molecule has 25 nitrogen and oxygen atoms in total. The second kappa shape index (κ2) is 48.9. The molecule has 1 rings (SSSR count). The van der Waals surface area contributed by atoms with Crippen LogP contribution < -0.4 is 27.8 Å². The maximum absolute atomic E-state index is 14.2. The zero-order valence-corrected chi connectivity index (χ0v) is 53.0. The molecule has 12 atom stereocenters. The van der Waals surface area contributed by atoms with E-state index in [1.807, 2.05) is 0 Å². The number of aliphatic hydroxyl groups excluding tert-OH is 4. The number of nitrogens with zero attached hydrogens (tertiary/aromatic N) is 1. The third-order valence-electron chi connectivity index (χ3n) is 15.0. The van der Waals surface area contributed by atoms with Crippen molar-refractivity contribution in [1.82, 2.24) is 15.5 Å². The lowest BCUT2D eigenvalue weighted by atomic mass is 9.89. The van der Waals surface area contributed by atoms with E-state index in [-0.39, 0.29) is 26.0 Å². The number of rotatable bonds is 50. The molecule has 26 heteroatoms. The van der Waals surface area contributed by atoms with Gasteiger partial charge in [-0.15, -0.1) is 9.42 Å². The molecule has 1 heterocycles. The van der Waals surface area contributed by atoms with E-state index in [0.29, 0.717) is 12.8 Å². The van der Waals surface area contributed by atoms with Gasteiger partial charge in [0.05, 0.1) is 19.3 Å². The van der Waals surface area contributed by atoms with Gasteiger partial charge < -0.3 is 77.2 Å². The third kappa shape index (κ3) is 36.8. The second-order valence-electron chi connectivity index (χ2n) is 22.7. The zero-order valence-electron chi connectivity index (χ0n) is 52.1. The molecule has 1 aliphatic heterocycles. The Balaban J connectivity index is 0.00000942. The molecule has 85 heavy (non-hydrogen) atoms. The SMILES string of the molecule is CCCCCCCCCCCCCCCC(=O)OC([C@H](CO)OC(=O)CCCCCCCCCCCCCCC)[C@@](C)(N)C(=O)N[C@H](CCC(=O)N(CC(C)O[C@H]1[C@H](O)[C@@H](CO)O[C@H](O)[C@@H]1NC(C)=O)[C@@H](C)C(=O)O)C(N)=O.NCCO[P+](=O)O. The van der Waals surface area contributed by atoms with Gasteiger partial charge in [-0.2, -0.15) is 0 Å². The van der Waals surface area contributed by atoms with Crippen LogP contribution in [0.4, 0.5) is 0 Å². The number of aliphatic carboxylic acids is 1. The number of primary amides is 1. The van der Waals surface area contributed by atoms with Gasteiger partial charge in [-0.25, -0.2) is 4.79 Å². The molecular formula is C59H112N6O19P+. The Bertz CT molecular complexity index is 1870. The maximum atomic E-state index is 14.2. The number of aliphatic hydroxyl groups is 4. The number of unbranched alkanes of at least 4 members (excludes halogenated alkanes) is 24. The summed E-state index contributed by atoms with van der Waals surface area (Å²) < 4.78 is 36.4. The Morgan fingerprint density at radius 3 is 1.54 bits per heavy atom. The van der Waals surface area contributed by atoms with Crippen LogP contribution in [-0.2, 0) is 61.6 Å². The first-order chi connectivity index (χ1) is 40.4. The fourth-order valence-corrected chi connectivity index (χ4v) is 10.1. The fourth-order valence-electron chi connectivity index (χ4n) is 9.88. The number of carbonyl (C=O) groups excluding carboxylic acids is 6. The fraction of sp³-hybridized carbons (Fsp3) is 0.881. The summed E-state index contributed by atoms with van der Waals surface area (Å²) in [5.74, 6) is -6.49. The molecule has 0 radical (unpaired) electrons. The summed E-state index contributed by atoms with van der Waals surface area (Å²) in [6.07, 6.45) is 17.1. The van der Waals surface area contributed by atoms with Crippen molar-refractivity contribution in [2.75, 3.05) is 32.9 Å². The standard InChI is InChI=1S/C57H105N5O16.C2H6NO3P/c1-7-9-11-13-15-17-19-21-23-25-27-29-31-33-47(67)76-45(39-64)52(78-48(68)34-32-30-28-26-24-22-20-18-16-14-12-10-8-2)57(6,59)56(74)61-43(53(58)70)35-36-46(66)62(41(4)54(71)72)37-40(3)75-51-49(60-42(5)65)55(73)77-44(38-63)50(51)69;3-1-2-6-7(4)5/h40-41,43-45,49-52,55,63-64,69,73H,7-39,59H2,1-6H3,(H2,58,70)(H,60,65)(H,61,74)(H,71,72);1-3H2/p+1/t40?,41-,43+,44+,45-,49+,50+,51+,52?,55-,57+;/m0./s1. The van der Waals surface area contributed by atoms with Gasteiger partial charge in [-0.3, -0.25) is 28.8 Å². The minimum absolute atomic E-state index is 0.00392. The van der Waals surface area contributed by atoms with Gasteiger partial charge in [0.2, 0.25) is 23.6 Å². The molecule has 3 unspecified atom stereocenters. The van der Waals surface area contributed by atoms with E-state index >= 15 is 0 Å². The number of nitrogens with one attached hydrogen (secondary N) is 2. The monoisotopic (exact) mass is 1240 g/mol. The van der Waals surface area contributed by atoms with Gasteiger partial charge in [0, 0.05) is 43.8 Å². The summed E-state index contributed by atoms with van der Waals surface area (Å²) in [4.78, 5) is 101. The minimum atomic E-state index is -2.44. The van der Waals surface area contributed by atoms with Crippen molar-refractivity contribution in [3.63, 3.8) is 0 Å². The summed E-state index contributed by atoms with van der Waals surface area (Å²) in [5.41, 5.74) is 15.0. The van der Waals surface area contributed by atoms with Crippen LogP contribution in [0.3, 0.4) is 0 Å². The molecule has 0 aromatic heterocycles. The van der Waals surface area contributed by atoms with Crippen LogP contribution in [0.1, 0.15) is 234 Å². The van der Waals surface area contributed by atoms with E-state index in [4.69, 9.17) is 41.0 Å². The van der Waals surface area contributed by atoms with Gasteiger partial charge in [-0.1, -0.05) is 168 Å². The third-order valence-corrected chi connectivity index (χ3v) is 15.4. The molecule has 14 N–H and O–H groups in total. The zero-order chi connectivity index (χ0) is 64.2. The van der Waals surface area contributed by atoms with E-state index in [9.17, 15) is 63.7 Å². The van der Waals surface area contributed by atoms with E-state index in [1.165, 1.54) is 117 Å². The summed E-state index contributed by atoms with van der Waals surface area (Å²) >= 11 is 0. The highest BCUT2D eigenvalue weighted by atomic mass is 31.1. The normalized spacial score (nSPS) is 19.4. The molecule has 1 fully saturated rings. The number of carboxylic acid groups (broad SMARTS) is 1. The summed E-state index contributed by atoms with van der Waals surface area (Å²) in [7, 11) is -2.44. The molecule has 0 spiro atoms. The second-order valence-corrected chi connectivity index (χ2v) is 23.4. The first-order valence-electron chi connectivity index (χ1n) is 31.4. The van der Waals surface area contributed by atoms with Crippen molar-refractivity contribution in [2.45, 2.75) is 301 Å². The molecule has 1 saturated heterocycles. The highest BCUT2D eigenvalue weighted by molar-refractivity contribution is 7.32. The number of ether oxygens (including phenoxy) is 4. The van der Waals surface area contributed by atoms with E-state index < -0.39 is 149 Å². The predicted octanol–water partition coefficient (Wildman–Crippen LogP) is 5.49. The number of amides is 4.